The molecule has 2 aliphatic rings. The van der Waals surface area contributed by atoms with Crippen LogP contribution in [0.5, 0.6) is 0 Å². The second-order valence-corrected chi connectivity index (χ2v) is 4.46. The molecule has 0 aromatic heterocycles. The van der Waals surface area contributed by atoms with Crippen LogP contribution in [0.1, 0.15) is 25.7 Å². The number of halogens is 3. The van der Waals surface area contributed by atoms with Gasteiger partial charge in [0.1, 0.15) is 0 Å². The van der Waals surface area contributed by atoms with Gasteiger partial charge in [-0.15, -0.1) is 0 Å². The van der Waals surface area contributed by atoms with Crippen LogP contribution in [0.3, 0.4) is 0 Å². The largest absolute Gasteiger partial charge is 0.395 e. The third kappa shape index (κ3) is 2.27. The smallest absolute Gasteiger partial charge is 0.170 e. The van der Waals surface area contributed by atoms with Crippen molar-refractivity contribution >= 4 is 0 Å². The molecule has 2 aliphatic carbocycles. The SMILES string of the molecule is FC(F)(F)C1C=CC=CC1C1CCCC1. The minimum atomic E-state index is -4.09. The molecule has 2 atom stereocenters. The molecule has 84 valence electrons. The molecule has 0 radical (unpaired) electrons. The molecule has 0 aromatic carbocycles. The summed E-state index contributed by atoms with van der Waals surface area (Å²) in [7, 11) is 0. The van der Waals surface area contributed by atoms with E-state index in [4.69, 9.17) is 0 Å². The lowest BCUT2D eigenvalue weighted by Gasteiger charge is -2.30. The van der Waals surface area contributed by atoms with Gasteiger partial charge in [-0.25, -0.2) is 0 Å². The third-order valence-corrected chi connectivity index (χ3v) is 3.50. The molecule has 0 aromatic rings. The Morgan fingerprint density at radius 1 is 0.933 bits per heavy atom. The molecule has 2 rings (SSSR count). The minimum Gasteiger partial charge on any atom is -0.170 e. The van der Waals surface area contributed by atoms with Crippen LogP contribution in [-0.4, -0.2) is 6.18 Å². The van der Waals surface area contributed by atoms with Crippen LogP contribution in [0.2, 0.25) is 0 Å². The Hall–Kier alpha value is -0.730. The van der Waals surface area contributed by atoms with Gasteiger partial charge >= 0.3 is 6.18 Å². The topological polar surface area (TPSA) is 0 Å². The average Bonchev–Trinajstić information content (AvgIpc) is 2.69. The van der Waals surface area contributed by atoms with Gasteiger partial charge in [0.2, 0.25) is 0 Å². The summed E-state index contributed by atoms with van der Waals surface area (Å²) < 4.78 is 38.3. The maximum Gasteiger partial charge on any atom is 0.395 e. The van der Waals surface area contributed by atoms with Gasteiger partial charge in [-0.05, 0) is 24.7 Å². The normalized spacial score (nSPS) is 32.5. The molecule has 0 saturated heterocycles. The molecule has 3 heteroatoms. The molecule has 0 N–H and O–H groups in total. The van der Waals surface area contributed by atoms with Crippen molar-refractivity contribution in [2.24, 2.45) is 17.8 Å². The molecule has 0 aliphatic heterocycles. The van der Waals surface area contributed by atoms with E-state index in [1.807, 2.05) is 0 Å². The van der Waals surface area contributed by atoms with Crippen molar-refractivity contribution in [2.75, 3.05) is 0 Å². The second kappa shape index (κ2) is 4.03. The van der Waals surface area contributed by atoms with Crippen molar-refractivity contribution in [3.8, 4) is 0 Å². The Labute approximate surface area is 87.9 Å². The number of hydrogen-bond donors (Lipinski definition) is 0. The summed E-state index contributed by atoms with van der Waals surface area (Å²) in [6.45, 7) is 0. The Bertz CT molecular complexity index is 269. The van der Waals surface area contributed by atoms with E-state index in [1.54, 1.807) is 12.2 Å². The Morgan fingerprint density at radius 3 is 2.13 bits per heavy atom. The quantitative estimate of drug-likeness (QED) is 0.619. The van der Waals surface area contributed by atoms with Gasteiger partial charge < -0.3 is 0 Å². The predicted octanol–water partition coefficient (Wildman–Crippen LogP) is 4.10. The van der Waals surface area contributed by atoms with Crippen LogP contribution >= 0.6 is 0 Å². The summed E-state index contributed by atoms with van der Waals surface area (Å²) >= 11 is 0. The van der Waals surface area contributed by atoms with Crippen molar-refractivity contribution in [3.05, 3.63) is 24.3 Å². The summed E-state index contributed by atoms with van der Waals surface area (Å²) in [5.41, 5.74) is 0. The molecule has 0 heterocycles. The fourth-order valence-electron chi connectivity index (χ4n) is 2.74. The molecule has 0 amide bonds. The van der Waals surface area contributed by atoms with E-state index >= 15 is 0 Å². The van der Waals surface area contributed by atoms with Crippen LogP contribution in [0, 0.1) is 17.8 Å². The van der Waals surface area contributed by atoms with Crippen LogP contribution in [0.15, 0.2) is 24.3 Å². The van der Waals surface area contributed by atoms with Crippen molar-refractivity contribution in [1.82, 2.24) is 0 Å². The number of rotatable bonds is 1. The van der Waals surface area contributed by atoms with Gasteiger partial charge in [0, 0.05) is 0 Å². The summed E-state index contributed by atoms with van der Waals surface area (Å²) in [5, 5.41) is 0. The average molecular weight is 216 g/mol. The highest BCUT2D eigenvalue weighted by Gasteiger charge is 2.45. The fraction of sp³-hybridized carbons (Fsp3) is 0.667. The van der Waals surface area contributed by atoms with Crippen molar-refractivity contribution in [3.63, 3.8) is 0 Å². The molecule has 15 heavy (non-hydrogen) atoms. The lowest BCUT2D eigenvalue weighted by atomic mass is 9.78. The van der Waals surface area contributed by atoms with Crippen LogP contribution in [0.25, 0.3) is 0 Å². The van der Waals surface area contributed by atoms with E-state index < -0.39 is 12.1 Å². The summed E-state index contributed by atoms with van der Waals surface area (Å²) in [4.78, 5) is 0. The summed E-state index contributed by atoms with van der Waals surface area (Å²) in [6.07, 6.45) is 6.32. The molecular formula is C12H15F3. The molecule has 1 fully saturated rings. The molecule has 1 saturated carbocycles. The maximum absolute atomic E-state index is 12.8. The van der Waals surface area contributed by atoms with Crippen LogP contribution in [0.4, 0.5) is 13.2 Å². The molecule has 0 spiro atoms. The first-order chi connectivity index (χ1) is 7.09. The van der Waals surface area contributed by atoms with E-state index in [-0.39, 0.29) is 11.8 Å². The first-order valence-corrected chi connectivity index (χ1v) is 5.51. The van der Waals surface area contributed by atoms with Crippen molar-refractivity contribution in [1.29, 1.82) is 0 Å². The van der Waals surface area contributed by atoms with E-state index in [0.717, 1.165) is 25.7 Å². The van der Waals surface area contributed by atoms with Gasteiger partial charge in [0.25, 0.3) is 0 Å². The number of alkyl halides is 3. The minimum absolute atomic E-state index is 0.234. The third-order valence-electron chi connectivity index (χ3n) is 3.50. The maximum atomic E-state index is 12.8. The fourth-order valence-corrected chi connectivity index (χ4v) is 2.74. The zero-order valence-electron chi connectivity index (χ0n) is 8.50. The Balaban J connectivity index is 2.14. The van der Waals surface area contributed by atoms with Gasteiger partial charge in [0.05, 0.1) is 5.92 Å². The summed E-state index contributed by atoms with van der Waals surface area (Å²) in [5.74, 6) is -1.35. The highest BCUT2D eigenvalue weighted by Crippen LogP contribution is 2.44. The van der Waals surface area contributed by atoms with Gasteiger partial charge in [0.15, 0.2) is 0 Å². The van der Waals surface area contributed by atoms with Crippen molar-refractivity contribution < 1.29 is 13.2 Å². The number of hydrogen-bond acceptors (Lipinski definition) is 0. The second-order valence-electron chi connectivity index (χ2n) is 4.46. The lowest BCUT2D eigenvalue weighted by molar-refractivity contribution is -0.174. The van der Waals surface area contributed by atoms with Crippen molar-refractivity contribution in [2.45, 2.75) is 31.9 Å². The molecule has 0 bridgehead atoms. The highest BCUT2D eigenvalue weighted by atomic mass is 19.4. The first kappa shape index (κ1) is 10.8. The number of allylic oxidation sites excluding steroid dienone is 4. The molecular weight excluding hydrogens is 201 g/mol. The van der Waals surface area contributed by atoms with E-state index in [2.05, 4.69) is 0 Å². The Morgan fingerprint density at radius 2 is 1.53 bits per heavy atom. The summed E-state index contributed by atoms with van der Waals surface area (Å²) in [6, 6.07) is 0. The predicted molar refractivity (Wildman–Crippen MR) is 53.3 cm³/mol. The van der Waals surface area contributed by atoms with Crippen LogP contribution < -0.4 is 0 Å². The van der Waals surface area contributed by atoms with Crippen LogP contribution in [-0.2, 0) is 0 Å². The van der Waals surface area contributed by atoms with E-state index in [9.17, 15) is 13.2 Å². The van der Waals surface area contributed by atoms with Gasteiger partial charge in [-0.2, -0.15) is 13.2 Å². The molecule has 2 unspecified atom stereocenters. The van der Waals surface area contributed by atoms with Gasteiger partial charge in [-0.1, -0.05) is 37.1 Å². The first-order valence-electron chi connectivity index (χ1n) is 5.51. The molecule has 0 nitrogen and oxygen atoms in total. The monoisotopic (exact) mass is 216 g/mol. The highest BCUT2D eigenvalue weighted by molar-refractivity contribution is 5.17. The zero-order valence-corrected chi connectivity index (χ0v) is 8.50. The Kier molecular flexibility index (Phi) is 2.89. The van der Waals surface area contributed by atoms with E-state index in [0.29, 0.717) is 0 Å². The lowest BCUT2D eigenvalue weighted by Crippen LogP contribution is -2.32. The van der Waals surface area contributed by atoms with E-state index in [1.165, 1.54) is 12.2 Å². The zero-order chi connectivity index (χ0) is 10.9. The van der Waals surface area contributed by atoms with Gasteiger partial charge in [-0.3, -0.25) is 0 Å². The standard InChI is InChI=1S/C12H15F3/c13-12(14,15)11-8-4-3-7-10(11)9-5-1-2-6-9/h3-4,7-11H,1-2,5-6H2.